The summed E-state index contributed by atoms with van der Waals surface area (Å²) in [5, 5.41) is 0. The van der Waals surface area contributed by atoms with E-state index in [9.17, 15) is 14.4 Å². The maximum Gasteiger partial charge on any atom is 0.306 e. The molecule has 0 heterocycles. The first-order chi connectivity index (χ1) is 35.0. The van der Waals surface area contributed by atoms with Crippen molar-refractivity contribution in [3.63, 3.8) is 0 Å². The van der Waals surface area contributed by atoms with Crippen LogP contribution in [-0.4, -0.2) is 37.2 Å². The fourth-order valence-electron chi connectivity index (χ4n) is 7.53. The third kappa shape index (κ3) is 56.6. The molecule has 0 aromatic heterocycles. The topological polar surface area (TPSA) is 78.9 Å². The summed E-state index contributed by atoms with van der Waals surface area (Å²) in [6.07, 6.45) is 80.6. The number of carbonyl (C=O) groups is 3. The van der Waals surface area contributed by atoms with E-state index in [0.29, 0.717) is 12.8 Å². The van der Waals surface area contributed by atoms with E-state index >= 15 is 0 Å². The molecular formula is C65H106O6. The molecule has 0 amide bonds. The number of ether oxygens (including phenoxy) is 3. The molecule has 0 aromatic carbocycles. The van der Waals surface area contributed by atoms with E-state index in [4.69, 9.17) is 14.2 Å². The van der Waals surface area contributed by atoms with Gasteiger partial charge in [0.2, 0.25) is 0 Å². The molecule has 6 nitrogen and oxygen atoms in total. The predicted molar refractivity (Wildman–Crippen MR) is 306 cm³/mol. The van der Waals surface area contributed by atoms with Gasteiger partial charge in [-0.3, -0.25) is 14.4 Å². The summed E-state index contributed by atoms with van der Waals surface area (Å²) in [6, 6.07) is 0. The Bertz CT molecular complexity index is 1500. The first kappa shape index (κ1) is 66.8. The Hall–Kier alpha value is -4.19. The van der Waals surface area contributed by atoms with Crippen molar-refractivity contribution in [2.45, 2.75) is 258 Å². The smallest absolute Gasteiger partial charge is 0.306 e. The van der Waals surface area contributed by atoms with E-state index in [0.717, 1.165) is 83.5 Å². The van der Waals surface area contributed by atoms with E-state index in [-0.39, 0.29) is 50.4 Å². The Labute approximate surface area is 437 Å². The Balaban J connectivity index is 4.60. The minimum Gasteiger partial charge on any atom is -0.462 e. The third-order valence-corrected chi connectivity index (χ3v) is 11.9. The van der Waals surface area contributed by atoms with Crippen molar-refractivity contribution in [3.05, 3.63) is 122 Å². The number of unbranched alkanes of at least 4 members (excludes halogenated alkanes) is 20. The molecule has 1 atom stereocenters. The van der Waals surface area contributed by atoms with E-state index in [1.165, 1.54) is 116 Å². The third-order valence-electron chi connectivity index (χ3n) is 11.9. The number of hydrogen-bond acceptors (Lipinski definition) is 6. The van der Waals surface area contributed by atoms with Crippen LogP contribution in [0.25, 0.3) is 0 Å². The molecule has 0 aliphatic heterocycles. The molecule has 0 spiro atoms. The maximum absolute atomic E-state index is 12.9. The van der Waals surface area contributed by atoms with Gasteiger partial charge in [0.05, 0.1) is 0 Å². The molecule has 0 aliphatic carbocycles. The lowest BCUT2D eigenvalue weighted by molar-refractivity contribution is -0.166. The van der Waals surface area contributed by atoms with Gasteiger partial charge in [-0.15, -0.1) is 0 Å². The molecule has 71 heavy (non-hydrogen) atoms. The van der Waals surface area contributed by atoms with Crippen molar-refractivity contribution in [1.29, 1.82) is 0 Å². The SMILES string of the molecule is CCCCC/C=C\C/C=C\C/C=C\C/C=C\C/C=C\CCC(=O)OC[C@H](COC(=O)CCC/C=C\C/C=C\C/C=C\CCCCCCCC)OC(=O)CCCCCCCCC/C=C\C/C=C\CCCCC. The molecule has 402 valence electrons. The fraction of sp³-hybridized carbons (Fsp3) is 0.646. The van der Waals surface area contributed by atoms with Crippen LogP contribution in [-0.2, 0) is 28.6 Å². The van der Waals surface area contributed by atoms with Crippen LogP contribution in [0.3, 0.4) is 0 Å². The van der Waals surface area contributed by atoms with Gasteiger partial charge in [-0.05, 0) is 122 Å². The molecule has 0 saturated carbocycles. The first-order valence-corrected chi connectivity index (χ1v) is 29.0. The highest BCUT2D eigenvalue weighted by atomic mass is 16.6. The van der Waals surface area contributed by atoms with Gasteiger partial charge >= 0.3 is 17.9 Å². The van der Waals surface area contributed by atoms with Crippen molar-refractivity contribution < 1.29 is 28.6 Å². The van der Waals surface area contributed by atoms with Crippen LogP contribution in [0.5, 0.6) is 0 Å². The lowest BCUT2D eigenvalue weighted by Gasteiger charge is -2.18. The maximum atomic E-state index is 12.9. The van der Waals surface area contributed by atoms with Crippen molar-refractivity contribution >= 4 is 17.9 Å². The Morgan fingerprint density at radius 2 is 0.549 bits per heavy atom. The molecule has 0 fully saturated rings. The van der Waals surface area contributed by atoms with Crippen LogP contribution >= 0.6 is 0 Å². The summed E-state index contributed by atoms with van der Waals surface area (Å²) in [5.41, 5.74) is 0. The molecule has 0 aliphatic rings. The van der Waals surface area contributed by atoms with Gasteiger partial charge in [-0.1, -0.05) is 232 Å². The summed E-state index contributed by atoms with van der Waals surface area (Å²) in [4.78, 5) is 38.1. The zero-order valence-corrected chi connectivity index (χ0v) is 45.9. The summed E-state index contributed by atoms with van der Waals surface area (Å²) < 4.78 is 16.7. The van der Waals surface area contributed by atoms with Crippen LogP contribution in [0.4, 0.5) is 0 Å². The highest BCUT2D eigenvalue weighted by Gasteiger charge is 2.19. The molecule has 0 rings (SSSR count). The summed E-state index contributed by atoms with van der Waals surface area (Å²) >= 11 is 0. The number of allylic oxidation sites excluding steroid dienone is 20. The summed E-state index contributed by atoms with van der Waals surface area (Å²) in [5.74, 6) is -1.07. The second kappa shape index (κ2) is 58.4. The zero-order valence-electron chi connectivity index (χ0n) is 45.9. The largest absolute Gasteiger partial charge is 0.462 e. The molecule has 0 radical (unpaired) electrons. The molecular weight excluding hydrogens is 877 g/mol. The Morgan fingerprint density at radius 3 is 0.944 bits per heavy atom. The number of carbonyl (C=O) groups excluding carboxylic acids is 3. The fourth-order valence-corrected chi connectivity index (χ4v) is 7.53. The molecule has 0 saturated heterocycles. The van der Waals surface area contributed by atoms with Gasteiger partial charge in [0.25, 0.3) is 0 Å². The second-order valence-corrected chi connectivity index (χ2v) is 18.8. The van der Waals surface area contributed by atoms with Crippen LogP contribution in [0.1, 0.15) is 252 Å². The van der Waals surface area contributed by atoms with Gasteiger partial charge in [0.15, 0.2) is 6.10 Å². The normalized spacial score (nSPS) is 13.0. The van der Waals surface area contributed by atoms with E-state index in [1.807, 2.05) is 6.08 Å². The average Bonchev–Trinajstić information content (AvgIpc) is 3.37. The van der Waals surface area contributed by atoms with E-state index in [1.54, 1.807) is 0 Å². The van der Waals surface area contributed by atoms with Crippen LogP contribution < -0.4 is 0 Å². The lowest BCUT2D eigenvalue weighted by atomic mass is 10.1. The molecule has 0 aromatic rings. The van der Waals surface area contributed by atoms with Crippen molar-refractivity contribution in [3.8, 4) is 0 Å². The number of esters is 3. The highest BCUT2D eigenvalue weighted by molar-refractivity contribution is 5.71. The molecule has 0 bridgehead atoms. The standard InChI is InChI=1S/C65H106O6/c1-4-7-10-13-16-19-22-25-28-31-32-35-37-40-43-46-49-52-55-58-64(67)70-61-62(71-65(68)59-56-53-50-47-44-41-38-34-30-27-24-21-18-15-12-9-6-3)60-69-63(66)57-54-51-48-45-42-39-36-33-29-26-23-20-17-14-11-8-5-2/h16,18-19,21,25-30,32,35-36,39-40,43,45,48-49,52,62H,4-15,17,20,22-24,31,33-34,37-38,41-42,44,46-47,50-51,53-61H2,1-3H3/b19-16-,21-18-,28-25-,29-26-,30-27-,35-32-,39-36-,43-40-,48-45-,52-49-/t62-/m0/s1. The molecule has 0 N–H and O–H groups in total. The molecule has 6 heteroatoms. The summed E-state index contributed by atoms with van der Waals surface area (Å²) in [6.45, 7) is 6.46. The van der Waals surface area contributed by atoms with Crippen molar-refractivity contribution in [2.75, 3.05) is 13.2 Å². The number of hydrogen-bond donors (Lipinski definition) is 0. The van der Waals surface area contributed by atoms with Crippen LogP contribution in [0, 0.1) is 0 Å². The predicted octanol–water partition coefficient (Wildman–Crippen LogP) is 19.6. The average molecular weight is 984 g/mol. The zero-order chi connectivity index (χ0) is 51.4. The monoisotopic (exact) mass is 983 g/mol. The van der Waals surface area contributed by atoms with Crippen LogP contribution in [0.2, 0.25) is 0 Å². The van der Waals surface area contributed by atoms with E-state index in [2.05, 4.69) is 136 Å². The van der Waals surface area contributed by atoms with Gasteiger partial charge in [0, 0.05) is 19.3 Å². The van der Waals surface area contributed by atoms with Crippen LogP contribution in [0.15, 0.2) is 122 Å². The lowest BCUT2D eigenvalue weighted by Crippen LogP contribution is -2.30. The minimum absolute atomic E-state index is 0.133. The van der Waals surface area contributed by atoms with Gasteiger partial charge in [0.1, 0.15) is 13.2 Å². The van der Waals surface area contributed by atoms with Gasteiger partial charge in [-0.2, -0.15) is 0 Å². The number of rotatable bonds is 51. The van der Waals surface area contributed by atoms with Gasteiger partial charge < -0.3 is 14.2 Å². The molecule has 0 unspecified atom stereocenters. The Morgan fingerprint density at radius 1 is 0.282 bits per heavy atom. The quantitative estimate of drug-likeness (QED) is 0.0261. The van der Waals surface area contributed by atoms with Crippen molar-refractivity contribution in [2.24, 2.45) is 0 Å². The Kier molecular flexibility index (Phi) is 54.9. The second-order valence-electron chi connectivity index (χ2n) is 18.8. The highest BCUT2D eigenvalue weighted by Crippen LogP contribution is 2.13. The first-order valence-electron chi connectivity index (χ1n) is 29.0. The van der Waals surface area contributed by atoms with E-state index < -0.39 is 6.10 Å². The summed E-state index contributed by atoms with van der Waals surface area (Å²) in [7, 11) is 0. The van der Waals surface area contributed by atoms with Gasteiger partial charge in [-0.25, -0.2) is 0 Å². The minimum atomic E-state index is -0.837. The van der Waals surface area contributed by atoms with Crippen molar-refractivity contribution in [1.82, 2.24) is 0 Å².